The number of halogens is 1. The third-order valence-corrected chi connectivity index (χ3v) is 5.65. The fraction of sp³-hybridized carbons (Fsp3) is 0.286. The number of ether oxygens (including phenoxy) is 2. The number of benzene rings is 3. The van der Waals surface area contributed by atoms with Crippen molar-refractivity contribution in [2.24, 2.45) is 0 Å². The van der Waals surface area contributed by atoms with Gasteiger partial charge in [-0.2, -0.15) is 0 Å². The van der Waals surface area contributed by atoms with E-state index in [1.54, 1.807) is 31.2 Å². The van der Waals surface area contributed by atoms with Crippen LogP contribution in [-0.2, 0) is 22.6 Å². The number of rotatable bonds is 12. The number of nitrogens with zero attached hydrogens (tertiary/aromatic N) is 1. The summed E-state index contributed by atoms with van der Waals surface area (Å²) in [7, 11) is 3.16. The maximum absolute atomic E-state index is 13.4. The summed E-state index contributed by atoms with van der Waals surface area (Å²) >= 11 is 0. The molecular weight excluding hydrogens is 447 g/mol. The Morgan fingerprint density at radius 3 is 2.20 bits per heavy atom. The molecule has 0 fully saturated rings. The van der Waals surface area contributed by atoms with Gasteiger partial charge in [-0.1, -0.05) is 42.5 Å². The maximum Gasteiger partial charge on any atom is 0.242 e. The standard InChI is InChI=1S/C28H31FN2O4/c1-30-28(33)26(19-21-7-4-3-5-8-21)31(20-22-10-12-23(29)13-11-22)27(32)9-6-18-35-25-16-14-24(34-2)15-17-25/h3-5,7-8,10-17,26H,6,9,18-20H2,1-2H3,(H,30,33)/t26-/m0/s1. The first-order chi connectivity index (χ1) is 17.0. The average molecular weight is 479 g/mol. The average Bonchev–Trinajstić information content (AvgIpc) is 2.90. The van der Waals surface area contributed by atoms with Gasteiger partial charge in [0.2, 0.25) is 11.8 Å². The Kier molecular flexibility index (Phi) is 9.66. The van der Waals surface area contributed by atoms with Crippen molar-refractivity contribution in [1.29, 1.82) is 0 Å². The van der Waals surface area contributed by atoms with Crippen molar-refractivity contribution in [2.75, 3.05) is 20.8 Å². The summed E-state index contributed by atoms with van der Waals surface area (Å²) in [6.45, 7) is 0.551. The molecule has 0 saturated heterocycles. The summed E-state index contributed by atoms with van der Waals surface area (Å²) in [5.41, 5.74) is 1.69. The molecule has 0 heterocycles. The maximum atomic E-state index is 13.4. The number of methoxy groups -OCH3 is 1. The van der Waals surface area contributed by atoms with Crippen LogP contribution in [0, 0.1) is 5.82 Å². The van der Waals surface area contributed by atoms with Gasteiger partial charge in [0.25, 0.3) is 0 Å². The van der Waals surface area contributed by atoms with Crippen molar-refractivity contribution in [2.45, 2.75) is 31.8 Å². The summed E-state index contributed by atoms with van der Waals surface area (Å²) in [6.07, 6.45) is 1.06. The molecule has 184 valence electrons. The Hall–Kier alpha value is -3.87. The predicted octanol–water partition coefficient (Wildman–Crippen LogP) is 4.38. The smallest absolute Gasteiger partial charge is 0.242 e. The van der Waals surface area contributed by atoms with E-state index in [-0.39, 0.29) is 30.6 Å². The van der Waals surface area contributed by atoms with Gasteiger partial charge in [-0.3, -0.25) is 9.59 Å². The van der Waals surface area contributed by atoms with Gasteiger partial charge in [0.15, 0.2) is 0 Å². The van der Waals surface area contributed by atoms with Crippen LogP contribution < -0.4 is 14.8 Å². The van der Waals surface area contributed by atoms with Gasteiger partial charge in [0, 0.05) is 26.4 Å². The number of carbonyl (C=O) groups excluding carboxylic acids is 2. The van der Waals surface area contributed by atoms with E-state index in [1.165, 1.54) is 12.1 Å². The summed E-state index contributed by atoms with van der Waals surface area (Å²) in [4.78, 5) is 27.8. The van der Waals surface area contributed by atoms with Crippen LogP contribution in [0.3, 0.4) is 0 Å². The van der Waals surface area contributed by atoms with E-state index in [0.717, 1.165) is 16.9 Å². The molecule has 0 radical (unpaired) electrons. The minimum absolute atomic E-state index is 0.169. The molecule has 0 aliphatic carbocycles. The monoisotopic (exact) mass is 478 g/mol. The highest BCUT2D eigenvalue weighted by atomic mass is 19.1. The normalized spacial score (nSPS) is 11.4. The van der Waals surface area contributed by atoms with Crippen molar-refractivity contribution >= 4 is 11.8 Å². The highest BCUT2D eigenvalue weighted by Gasteiger charge is 2.29. The fourth-order valence-electron chi connectivity index (χ4n) is 3.74. The number of amides is 2. The Labute approximate surface area is 205 Å². The first-order valence-corrected chi connectivity index (χ1v) is 11.6. The molecule has 0 aromatic heterocycles. The molecule has 3 aromatic carbocycles. The van der Waals surface area contributed by atoms with E-state index in [0.29, 0.717) is 25.2 Å². The van der Waals surface area contributed by atoms with Gasteiger partial charge < -0.3 is 19.7 Å². The number of likely N-dealkylation sites (N-methyl/N-ethyl adjacent to an activating group) is 1. The molecule has 1 N–H and O–H groups in total. The summed E-state index contributed by atoms with van der Waals surface area (Å²) in [5.74, 6) is 0.654. The van der Waals surface area contributed by atoms with E-state index >= 15 is 0 Å². The molecule has 6 nitrogen and oxygen atoms in total. The van der Waals surface area contributed by atoms with Crippen LogP contribution in [0.2, 0.25) is 0 Å². The van der Waals surface area contributed by atoms with Gasteiger partial charge in [-0.25, -0.2) is 4.39 Å². The quantitative estimate of drug-likeness (QED) is 0.393. The van der Waals surface area contributed by atoms with Gasteiger partial charge in [0.1, 0.15) is 23.4 Å². The molecule has 1 atom stereocenters. The van der Waals surface area contributed by atoms with Crippen LogP contribution in [0.15, 0.2) is 78.9 Å². The third kappa shape index (κ3) is 7.84. The van der Waals surface area contributed by atoms with Crippen molar-refractivity contribution in [1.82, 2.24) is 10.2 Å². The molecule has 0 spiro atoms. The zero-order chi connectivity index (χ0) is 25.0. The van der Waals surface area contributed by atoms with Gasteiger partial charge in [-0.15, -0.1) is 0 Å². The minimum Gasteiger partial charge on any atom is -0.497 e. The fourth-order valence-corrected chi connectivity index (χ4v) is 3.74. The molecule has 0 unspecified atom stereocenters. The molecule has 7 heteroatoms. The first kappa shape index (κ1) is 25.7. The lowest BCUT2D eigenvalue weighted by atomic mass is 10.0. The number of hydrogen-bond donors (Lipinski definition) is 1. The van der Waals surface area contributed by atoms with Crippen LogP contribution >= 0.6 is 0 Å². The Balaban J connectivity index is 1.71. The second-order valence-electron chi connectivity index (χ2n) is 8.10. The predicted molar refractivity (Wildman–Crippen MR) is 133 cm³/mol. The van der Waals surface area contributed by atoms with Crippen LogP contribution in [0.4, 0.5) is 4.39 Å². The zero-order valence-corrected chi connectivity index (χ0v) is 20.1. The van der Waals surface area contributed by atoms with E-state index in [2.05, 4.69) is 5.32 Å². The largest absolute Gasteiger partial charge is 0.497 e. The zero-order valence-electron chi connectivity index (χ0n) is 20.1. The number of carbonyl (C=O) groups is 2. The van der Waals surface area contributed by atoms with Crippen molar-refractivity contribution < 1.29 is 23.5 Å². The summed E-state index contributed by atoms with van der Waals surface area (Å²) in [5, 5.41) is 2.69. The van der Waals surface area contributed by atoms with Crippen LogP contribution in [0.1, 0.15) is 24.0 Å². The Morgan fingerprint density at radius 2 is 1.57 bits per heavy atom. The molecule has 2 amide bonds. The van der Waals surface area contributed by atoms with Crippen molar-refractivity contribution in [3.63, 3.8) is 0 Å². The van der Waals surface area contributed by atoms with Crippen molar-refractivity contribution in [3.05, 3.63) is 95.8 Å². The lowest BCUT2D eigenvalue weighted by Crippen LogP contribution is -2.49. The van der Waals surface area contributed by atoms with Gasteiger partial charge >= 0.3 is 0 Å². The molecule has 0 bridgehead atoms. The topological polar surface area (TPSA) is 67.9 Å². The highest BCUT2D eigenvalue weighted by molar-refractivity contribution is 5.87. The molecule has 35 heavy (non-hydrogen) atoms. The minimum atomic E-state index is -0.706. The molecule has 3 rings (SSSR count). The van der Waals surface area contributed by atoms with Gasteiger partial charge in [-0.05, 0) is 53.9 Å². The second-order valence-corrected chi connectivity index (χ2v) is 8.10. The Morgan fingerprint density at radius 1 is 0.914 bits per heavy atom. The highest BCUT2D eigenvalue weighted by Crippen LogP contribution is 2.19. The van der Waals surface area contributed by atoms with E-state index < -0.39 is 6.04 Å². The third-order valence-electron chi connectivity index (χ3n) is 5.65. The molecule has 0 saturated carbocycles. The van der Waals surface area contributed by atoms with E-state index in [1.807, 2.05) is 54.6 Å². The summed E-state index contributed by atoms with van der Waals surface area (Å²) < 4.78 is 24.3. The van der Waals surface area contributed by atoms with E-state index in [4.69, 9.17) is 9.47 Å². The molecule has 3 aromatic rings. The number of hydrogen-bond acceptors (Lipinski definition) is 4. The van der Waals surface area contributed by atoms with E-state index in [9.17, 15) is 14.0 Å². The molecule has 0 aliphatic heterocycles. The molecular formula is C28H31FN2O4. The SMILES string of the molecule is CNC(=O)[C@H](Cc1ccccc1)N(Cc1ccc(F)cc1)C(=O)CCCOc1ccc(OC)cc1. The van der Waals surface area contributed by atoms with Crippen LogP contribution in [0.5, 0.6) is 11.5 Å². The van der Waals surface area contributed by atoms with Crippen LogP contribution in [0.25, 0.3) is 0 Å². The lowest BCUT2D eigenvalue weighted by molar-refractivity contribution is -0.141. The summed E-state index contributed by atoms with van der Waals surface area (Å²) in [6, 6.07) is 22.1. The van der Waals surface area contributed by atoms with Gasteiger partial charge in [0.05, 0.1) is 13.7 Å². The Bertz CT molecular complexity index is 1070. The number of nitrogens with one attached hydrogen (secondary N) is 1. The molecule has 0 aliphatic rings. The lowest BCUT2D eigenvalue weighted by Gasteiger charge is -2.31. The van der Waals surface area contributed by atoms with Crippen molar-refractivity contribution in [3.8, 4) is 11.5 Å². The first-order valence-electron chi connectivity index (χ1n) is 11.6. The van der Waals surface area contributed by atoms with Crippen LogP contribution in [-0.4, -0.2) is 43.5 Å². The second kappa shape index (κ2) is 13.1.